The number of phenolic OH excluding ortho intramolecular Hbond substituents is 1. The number of phenols is 1. The number of nitrogens with one attached hydrogen (secondary N) is 2. The number of aromatic hydroxyl groups is 1. The van der Waals surface area contributed by atoms with Gasteiger partial charge in [-0.15, -0.1) is 12.4 Å². The van der Waals surface area contributed by atoms with Crippen LogP contribution in [0, 0.1) is 0 Å². The second-order valence-corrected chi connectivity index (χ2v) is 6.96. The minimum absolute atomic E-state index is 0. The summed E-state index contributed by atoms with van der Waals surface area (Å²) >= 11 is 0. The number of methoxy groups -OCH3 is 1. The summed E-state index contributed by atoms with van der Waals surface area (Å²) in [5.41, 5.74) is 1.87. The zero-order valence-corrected chi connectivity index (χ0v) is 17.3. The van der Waals surface area contributed by atoms with E-state index in [1.165, 1.54) is 12.1 Å². The van der Waals surface area contributed by atoms with Crippen LogP contribution < -0.4 is 15.6 Å². The van der Waals surface area contributed by atoms with Gasteiger partial charge in [-0.05, 0) is 49.1 Å². The predicted octanol–water partition coefficient (Wildman–Crippen LogP) is 3.31. The Morgan fingerprint density at radius 3 is 2.66 bits per heavy atom. The molecule has 0 saturated heterocycles. The van der Waals surface area contributed by atoms with Crippen LogP contribution in [-0.4, -0.2) is 34.9 Å². The van der Waals surface area contributed by atoms with Gasteiger partial charge in [0.15, 0.2) is 0 Å². The molecule has 3 aromatic rings. The molecule has 0 spiro atoms. The molecule has 0 amide bonds. The van der Waals surface area contributed by atoms with E-state index in [0.717, 1.165) is 24.2 Å². The van der Waals surface area contributed by atoms with Crippen LogP contribution in [-0.2, 0) is 6.42 Å². The predicted molar refractivity (Wildman–Crippen MR) is 117 cm³/mol. The molecule has 0 aliphatic rings. The molecular weight excluding hydrogens is 392 g/mol. The van der Waals surface area contributed by atoms with E-state index < -0.39 is 6.10 Å². The number of aromatic amines is 1. The molecule has 29 heavy (non-hydrogen) atoms. The Bertz CT molecular complexity index is 1010. The van der Waals surface area contributed by atoms with Gasteiger partial charge in [0.2, 0.25) is 5.56 Å². The third-order valence-electron chi connectivity index (χ3n) is 4.96. The summed E-state index contributed by atoms with van der Waals surface area (Å²) in [5.74, 6) is 0.876. The number of H-pyrrole nitrogens is 1. The van der Waals surface area contributed by atoms with Crippen molar-refractivity contribution in [2.24, 2.45) is 0 Å². The largest absolute Gasteiger partial charge is 0.506 e. The van der Waals surface area contributed by atoms with E-state index >= 15 is 0 Å². The van der Waals surface area contributed by atoms with Crippen LogP contribution in [0.4, 0.5) is 0 Å². The van der Waals surface area contributed by atoms with Gasteiger partial charge in [-0.1, -0.05) is 24.3 Å². The molecule has 2 aromatic carbocycles. The first-order valence-electron chi connectivity index (χ1n) is 9.38. The average molecular weight is 419 g/mol. The maximum absolute atomic E-state index is 11.5. The van der Waals surface area contributed by atoms with Gasteiger partial charge >= 0.3 is 0 Å². The monoisotopic (exact) mass is 418 g/mol. The summed E-state index contributed by atoms with van der Waals surface area (Å²) in [6, 6.07) is 14.3. The van der Waals surface area contributed by atoms with Gasteiger partial charge in [-0.3, -0.25) is 4.79 Å². The molecule has 2 atom stereocenters. The number of aliphatic hydroxyl groups is 1. The van der Waals surface area contributed by atoms with Crippen LogP contribution in [0.15, 0.2) is 53.3 Å². The molecule has 3 rings (SSSR count). The molecule has 0 bridgehead atoms. The zero-order chi connectivity index (χ0) is 20.1. The van der Waals surface area contributed by atoms with Crippen LogP contribution in [0.2, 0.25) is 0 Å². The number of rotatable bonds is 8. The first-order chi connectivity index (χ1) is 13.5. The lowest BCUT2D eigenvalue weighted by Gasteiger charge is -2.19. The average Bonchev–Trinajstić information content (AvgIpc) is 2.71. The maximum atomic E-state index is 11.5. The second kappa shape index (κ2) is 10.3. The van der Waals surface area contributed by atoms with Crippen molar-refractivity contribution in [3.05, 3.63) is 70.0 Å². The van der Waals surface area contributed by atoms with Crippen molar-refractivity contribution in [1.29, 1.82) is 0 Å². The quantitative estimate of drug-likeness (QED) is 0.450. The number of hydrogen-bond donors (Lipinski definition) is 4. The minimum Gasteiger partial charge on any atom is -0.506 e. The van der Waals surface area contributed by atoms with Crippen molar-refractivity contribution < 1.29 is 14.9 Å². The number of fused-ring (bicyclic) bond motifs is 1. The molecule has 156 valence electrons. The van der Waals surface area contributed by atoms with E-state index in [4.69, 9.17) is 4.74 Å². The highest BCUT2D eigenvalue weighted by Gasteiger charge is 2.15. The molecule has 7 heteroatoms. The van der Waals surface area contributed by atoms with Crippen LogP contribution in [0.25, 0.3) is 10.9 Å². The molecule has 1 heterocycles. The Morgan fingerprint density at radius 1 is 1.14 bits per heavy atom. The number of aliphatic hydroxyl groups excluding tert-OH is 1. The molecular formula is C22H27ClN2O4. The van der Waals surface area contributed by atoms with Crippen molar-refractivity contribution in [2.75, 3.05) is 13.7 Å². The summed E-state index contributed by atoms with van der Waals surface area (Å²) in [6.45, 7) is 2.45. The lowest BCUT2D eigenvalue weighted by molar-refractivity contribution is 0.171. The van der Waals surface area contributed by atoms with Crippen LogP contribution in [0.1, 0.15) is 30.6 Å². The van der Waals surface area contributed by atoms with E-state index in [0.29, 0.717) is 23.0 Å². The van der Waals surface area contributed by atoms with Gasteiger partial charge in [-0.25, -0.2) is 0 Å². The number of pyridine rings is 1. The summed E-state index contributed by atoms with van der Waals surface area (Å²) in [5, 5.41) is 24.6. The molecule has 6 nitrogen and oxygen atoms in total. The van der Waals surface area contributed by atoms with Gasteiger partial charge in [0.05, 0.1) is 18.7 Å². The summed E-state index contributed by atoms with van der Waals surface area (Å²) < 4.78 is 5.39. The standard InChI is InChI=1S/C22H26N2O4.ClH/c1-14(7-8-15-5-3-4-6-20(15)28-2)23-13-19(26)16-9-11-18(25)22-17(16)10-12-21(27)24-22;/h3-6,9-12,14,19,23,25-26H,7-8,13H2,1-2H3,(H,24,27);1H/t14-,19+;/m1./s1. The van der Waals surface area contributed by atoms with Crippen LogP contribution in [0.5, 0.6) is 11.5 Å². The molecule has 0 saturated carbocycles. The fraction of sp³-hybridized carbons (Fsp3) is 0.318. The normalized spacial score (nSPS) is 12.9. The number of para-hydroxylation sites is 1. The molecule has 0 aliphatic heterocycles. The van der Waals surface area contributed by atoms with E-state index in [2.05, 4.69) is 23.3 Å². The Balaban J connectivity index is 0.00000300. The molecule has 1 aromatic heterocycles. The van der Waals surface area contributed by atoms with Crippen molar-refractivity contribution >= 4 is 23.3 Å². The highest BCUT2D eigenvalue weighted by Crippen LogP contribution is 2.28. The first-order valence-corrected chi connectivity index (χ1v) is 9.38. The number of aryl methyl sites for hydroxylation is 1. The van der Waals surface area contributed by atoms with E-state index in [1.807, 2.05) is 18.2 Å². The van der Waals surface area contributed by atoms with Gasteiger partial charge in [0.1, 0.15) is 11.5 Å². The Hall–Kier alpha value is -2.54. The summed E-state index contributed by atoms with van der Waals surface area (Å²) in [6.07, 6.45) is 1.01. The second-order valence-electron chi connectivity index (χ2n) is 6.96. The maximum Gasteiger partial charge on any atom is 0.248 e. The number of halogens is 1. The molecule has 0 radical (unpaired) electrons. The molecule has 4 N–H and O–H groups in total. The van der Waals surface area contributed by atoms with Crippen molar-refractivity contribution in [2.45, 2.75) is 31.9 Å². The van der Waals surface area contributed by atoms with Gasteiger partial charge < -0.3 is 25.3 Å². The van der Waals surface area contributed by atoms with E-state index in [9.17, 15) is 15.0 Å². The van der Waals surface area contributed by atoms with Crippen molar-refractivity contribution in [1.82, 2.24) is 10.3 Å². The Morgan fingerprint density at radius 2 is 1.90 bits per heavy atom. The lowest BCUT2D eigenvalue weighted by Crippen LogP contribution is -2.31. The smallest absolute Gasteiger partial charge is 0.248 e. The first kappa shape index (κ1) is 22.7. The third-order valence-corrected chi connectivity index (χ3v) is 4.96. The summed E-state index contributed by atoms with van der Waals surface area (Å²) in [4.78, 5) is 14.1. The SMILES string of the molecule is COc1ccccc1CC[C@@H](C)NC[C@H](O)c1ccc(O)c2[nH]c(=O)ccc12.Cl. The fourth-order valence-corrected chi connectivity index (χ4v) is 3.36. The third kappa shape index (κ3) is 5.50. The van der Waals surface area contributed by atoms with Gasteiger partial charge in [0.25, 0.3) is 0 Å². The highest BCUT2D eigenvalue weighted by atomic mass is 35.5. The van der Waals surface area contributed by atoms with E-state index in [-0.39, 0.29) is 29.8 Å². The molecule has 0 aliphatic carbocycles. The van der Waals surface area contributed by atoms with Crippen LogP contribution >= 0.6 is 12.4 Å². The van der Waals surface area contributed by atoms with Crippen molar-refractivity contribution in [3.8, 4) is 11.5 Å². The van der Waals surface area contributed by atoms with Crippen molar-refractivity contribution in [3.63, 3.8) is 0 Å². The Kier molecular flexibility index (Phi) is 8.08. The van der Waals surface area contributed by atoms with Crippen LogP contribution in [0.3, 0.4) is 0 Å². The molecule has 0 unspecified atom stereocenters. The Labute approximate surface area is 176 Å². The van der Waals surface area contributed by atoms with Gasteiger partial charge in [-0.2, -0.15) is 0 Å². The number of aromatic nitrogens is 1. The lowest BCUT2D eigenvalue weighted by atomic mass is 10.0. The number of ether oxygens (including phenoxy) is 1. The fourth-order valence-electron chi connectivity index (χ4n) is 3.36. The van der Waals surface area contributed by atoms with Gasteiger partial charge in [0, 0.05) is 24.0 Å². The molecule has 0 fully saturated rings. The zero-order valence-electron chi connectivity index (χ0n) is 16.5. The highest BCUT2D eigenvalue weighted by molar-refractivity contribution is 5.87. The minimum atomic E-state index is -0.761. The summed E-state index contributed by atoms with van der Waals surface area (Å²) in [7, 11) is 1.67. The number of hydrogen-bond acceptors (Lipinski definition) is 5. The topological polar surface area (TPSA) is 94.6 Å². The van der Waals surface area contributed by atoms with E-state index in [1.54, 1.807) is 19.2 Å². The number of benzene rings is 2.